The van der Waals surface area contributed by atoms with Crippen molar-refractivity contribution in [1.82, 2.24) is 4.98 Å². The molecule has 10 heteroatoms. The van der Waals surface area contributed by atoms with E-state index in [-0.39, 0.29) is 15.6 Å². The first-order valence-corrected chi connectivity index (χ1v) is 8.92. The zero-order chi connectivity index (χ0) is 16.6. The van der Waals surface area contributed by atoms with E-state index in [2.05, 4.69) is 9.71 Å². The summed E-state index contributed by atoms with van der Waals surface area (Å²) in [5.74, 6) is -0.816. The van der Waals surface area contributed by atoms with Gasteiger partial charge in [-0.3, -0.25) is 4.72 Å². The fourth-order valence-corrected chi connectivity index (χ4v) is 4.16. The highest BCUT2D eigenvalue weighted by Gasteiger charge is 2.23. The Morgan fingerprint density at radius 2 is 2.26 bits per heavy atom. The van der Waals surface area contributed by atoms with Gasteiger partial charge in [-0.25, -0.2) is 18.2 Å². The summed E-state index contributed by atoms with van der Waals surface area (Å²) in [5, 5.41) is 8.96. The van der Waals surface area contributed by atoms with Crippen molar-refractivity contribution >= 4 is 38.0 Å². The standard InChI is InChI=1S/C13H13N3O5S2/c1-16-4-5-21-10-6-8(2-3-9(10)16)23(19,20)15-12-11(13(17)18)14-7-22-12/h2-3,6-7,15H,4-5H2,1H3,(H,17,18). The number of carboxylic acids is 1. The second-order valence-corrected chi connectivity index (χ2v) is 7.38. The largest absolute Gasteiger partial charge is 0.490 e. The molecule has 0 unspecified atom stereocenters. The van der Waals surface area contributed by atoms with Crippen molar-refractivity contribution in [2.45, 2.75) is 4.90 Å². The van der Waals surface area contributed by atoms with Crippen LogP contribution in [-0.2, 0) is 10.0 Å². The number of carboxylic acid groups (broad SMARTS) is 1. The summed E-state index contributed by atoms with van der Waals surface area (Å²) in [4.78, 5) is 16.6. The van der Waals surface area contributed by atoms with Crippen LogP contribution in [0.25, 0.3) is 0 Å². The predicted molar refractivity (Wildman–Crippen MR) is 85.1 cm³/mol. The van der Waals surface area contributed by atoms with Crippen molar-refractivity contribution in [3.8, 4) is 5.75 Å². The molecule has 122 valence electrons. The first kappa shape index (κ1) is 15.6. The van der Waals surface area contributed by atoms with Gasteiger partial charge in [0.15, 0.2) is 5.69 Å². The lowest BCUT2D eigenvalue weighted by Crippen LogP contribution is -2.29. The van der Waals surface area contributed by atoms with Crippen molar-refractivity contribution in [1.29, 1.82) is 0 Å². The Hall–Kier alpha value is -2.33. The lowest BCUT2D eigenvalue weighted by atomic mass is 10.2. The number of carbonyl (C=O) groups is 1. The molecule has 0 radical (unpaired) electrons. The summed E-state index contributed by atoms with van der Waals surface area (Å²) >= 11 is 0.907. The van der Waals surface area contributed by atoms with E-state index in [1.54, 1.807) is 6.07 Å². The number of nitrogens with one attached hydrogen (secondary N) is 1. The lowest BCUT2D eigenvalue weighted by molar-refractivity contribution is 0.0692. The van der Waals surface area contributed by atoms with Gasteiger partial charge in [0.2, 0.25) is 0 Å². The Labute approximate surface area is 136 Å². The highest BCUT2D eigenvalue weighted by atomic mass is 32.2. The number of likely N-dealkylation sites (N-methyl/N-ethyl adjacent to an activating group) is 1. The maximum Gasteiger partial charge on any atom is 0.357 e. The van der Waals surface area contributed by atoms with E-state index >= 15 is 0 Å². The number of ether oxygens (including phenoxy) is 1. The van der Waals surface area contributed by atoms with Crippen molar-refractivity contribution < 1.29 is 23.1 Å². The van der Waals surface area contributed by atoms with Gasteiger partial charge in [0.05, 0.1) is 22.6 Å². The molecule has 0 amide bonds. The SMILES string of the molecule is CN1CCOc2cc(S(=O)(=O)Nc3scnc3C(=O)O)ccc21. The van der Waals surface area contributed by atoms with Crippen LogP contribution in [0.4, 0.5) is 10.7 Å². The van der Waals surface area contributed by atoms with E-state index in [1.807, 2.05) is 11.9 Å². The molecule has 0 saturated carbocycles. The van der Waals surface area contributed by atoms with Crippen LogP contribution >= 0.6 is 11.3 Å². The van der Waals surface area contributed by atoms with Crippen LogP contribution in [0.5, 0.6) is 5.75 Å². The third-order valence-corrected chi connectivity index (χ3v) is 5.55. The molecule has 8 nitrogen and oxygen atoms in total. The fraction of sp³-hybridized carbons (Fsp3) is 0.231. The van der Waals surface area contributed by atoms with Gasteiger partial charge in [0, 0.05) is 13.1 Å². The van der Waals surface area contributed by atoms with Gasteiger partial charge < -0.3 is 14.7 Å². The quantitative estimate of drug-likeness (QED) is 0.855. The first-order valence-electron chi connectivity index (χ1n) is 6.56. The molecule has 1 aliphatic heterocycles. The van der Waals surface area contributed by atoms with E-state index in [0.717, 1.165) is 23.6 Å². The van der Waals surface area contributed by atoms with Crippen LogP contribution in [-0.4, -0.2) is 44.7 Å². The summed E-state index contributed by atoms with van der Waals surface area (Å²) < 4.78 is 32.6. The van der Waals surface area contributed by atoms with Crippen LogP contribution in [0, 0.1) is 0 Å². The Kier molecular flexibility index (Phi) is 3.86. The summed E-state index contributed by atoms with van der Waals surface area (Å²) in [5.41, 5.74) is 1.75. The van der Waals surface area contributed by atoms with Gasteiger partial charge >= 0.3 is 5.97 Å². The van der Waals surface area contributed by atoms with Gasteiger partial charge in [0.25, 0.3) is 10.0 Å². The fourth-order valence-electron chi connectivity index (χ4n) is 2.16. The third kappa shape index (κ3) is 2.94. The molecular weight excluding hydrogens is 342 g/mol. The van der Waals surface area contributed by atoms with Crippen molar-refractivity contribution in [3.63, 3.8) is 0 Å². The topological polar surface area (TPSA) is 109 Å². The monoisotopic (exact) mass is 355 g/mol. The van der Waals surface area contributed by atoms with Gasteiger partial charge in [0.1, 0.15) is 17.4 Å². The number of hydrogen-bond acceptors (Lipinski definition) is 7. The number of nitrogens with zero attached hydrogens (tertiary/aromatic N) is 2. The van der Waals surface area contributed by atoms with E-state index < -0.39 is 16.0 Å². The maximum absolute atomic E-state index is 12.4. The van der Waals surface area contributed by atoms with Gasteiger partial charge in [-0.1, -0.05) is 0 Å². The number of aromatic carboxylic acids is 1. The van der Waals surface area contributed by atoms with E-state index in [1.165, 1.54) is 17.6 Å². The van der Waals surface area contributed by atoms with E-state index in [4.69, 9.17) is 9.84 Å². The van der Waals surface area contributed by atoms with Crippen LogP contribution in [0.2, 0.25) is 0 Å². The summed E-state index contributed by atoms with van der Waals surface area (Å²) in [6, 6.07) is 4.54. The smallest absolute Gasteiger partial charge is 0.357 e. The second-order valence-electron chi connectivity index (χ2n) is 4.84. The molecule has 0 bridgehead atoms. The zero-order valence-electron chi connectivity index (χ0n) is 12.0. The second kappa shape index (κ2) is 5.70. The Balaban J connectivity index is 1.94. The molecule has 3 rings (SSSR count). The highest BCUT2D eigenvalue weighted by molar-refractivity contribution is 7.93. The molecule has 0 aliphatic carbocycles. The number of sulfonamides is 1. The number of fused-ring (bicyclic) bond motifs is 1. The normalized spacial score (nSPS) is 14.0. The highest BCUT2D eigenvalue weighted by Crippen LogP contribution is 2.33. The van der Waals surface area contributed by atoms with Crippen LogP contribution < -0.4 is 14.4 Å². The van der Waals surface area contributed by atoms with Gasteiger partial charge in [-0.15, -0.1) is 11.3 Å². The molecule has 2 heterocycles. The van der Waals surface area contributed by atoms with Crippen molar-refractivity contribution in [2.24, 2.45) is 0 Å². The number of rotatable bonds is 4. The molecule has 1 aromatic carbocycles. The minimum atomic E-state index is -3.93. The minimum absolute atomic E-state index is 0.00344. The molecular formula is C13H13N3O5S2. The number of benzene rings is 1. The Morgan fingerprint density at radius 1 is 1.48 bits per heavy atom. The zero-order valence-corrected chi connectivity index (χ0v) is 13.6. The number of thiazole rings is 1. The number of anilines is 2. The molecule has 0 spiro atoms. The van der Waals surface area contributed by atoms with Crippen molar-refractivity contribution in [3.05, 3.63) is 29.4 Å². The first-order chi connectivity index (χ1) is 10.9. The molecule has 1 aliphatic rings. The van der Waals surface area contributed by atoms with Gasteiger partial charge in [-0.2, -0.15) is 0 Å². The molecule has 2 N–H and O–H groups in total. The Bertz CT molecular complexity index is 862. The van der Waals surface area contributed by atoms with Crippen LogP contribution in [0.15, 0.2) is 28.6 Å². The summed E-state index contributed by atoms with van der Waals surface area (Å²) in [6.45, 7) is 1.19. The third-order valence-electron chi connectivity index (χ3n) is 3.33. The maximum atomic E-state index is 12.4. The molecule has 1 aromatic heterocycles. The van der Waals surface area contributed by atoms with Crippen LogP contribution in [0.1, 0.15) is 10.5 Å². The molecule has 0 atom stereocenters. The average molecular weight is 355 g/mol. The number of aromatic nitrogens is 1. The molecule has 23 heavy (non-hydrogen) atoms. The predicted octanol–water partition coefficient (Wildman–Crippen LogP) is 1.47. The number of hydrogen-bond donors (Lipinski definition) is 2. The summed E-state index contributed by atoms with van der Waals surface area (Å²) in [6.07, 6.45) is 0. The van der Waals surface area contributed by atoms with E-state index in [9.17, 15) is 13.2 Å². The lowest BCUT2D eigenvalue weighted by Gasteiger charge is -2.27. The van der Waals surface area contributed by atoms with Crippen molar-refractivity contribution in [2.75, 3.05) is 29.8 Å². The summed E-state index contributed by atoms with van der Waals surface area (Å²) in [7, 11) is -2.04. The minimum Gasteiger partial charge on any atom is -0.490 e. The Morgan fingerprint density at radius 3 is 3.00 bits per heavy atom. The average Bonchev–Trinajstić information content (AvgIpc) is 2.95. The van der Waals surface area contributed by atoms with E-state index in [0.29, 0.717) is 12.4 Å². The van der Waals surface area contributed by atoms with Gasteiger partial charge in [-0.05, 0) is 12.1 Å². The molecule has 0 saturated heterocycles. The molecule has 0 fully saturated rings. The van der Waals surface area contributed by atoms with Crippen LogP contribution in [0.3, 0.4) is 0 Å². The molecule has 2 aromatic rings.